The third-order valence-corrected chi connectivity index (χ3v) is 8.91. The lowest BCUT2D eigenvalue weighted by Crippen LogP contribution is -2.43. The quantitative estimate of drug-likeness (QED) is 0.286. The van der Waals surface area contributed by atoms with Crippen molar-refractivity contribution in [1.82, 2.24) is 4.90 Å². The molecule has 31 heavy (non-hydrogen) atoms. The lowest BCUT2D eigenvalue weighted by atomic mass is 9.76. The van der Waals surface area contributed by atoms with Gasteiger partial charge in [-0.25, -0.2) is 0 Å². The molecule has 3 heterocycles. The van der Waals surface area contributed by atoms with Gasteiger partial charge in [-0.1, -0.05) is 71.0 Å². The second kappa shape index (κ2) is 6.91. The molecule has 0 bridgehead atoms. The number of hydrogen-bond donors (Lipinski definition) is 0. The minimum atomic E-state index is -0.436. The molecule has 0 N–H and O–H groups in total. The number of benzene rings is 2. The van der Waals surface area contributed by atoms with Crippen molar-refractivity contribution in [3.05, 3.63) is 74.1 Å². The summed E-state index contributed by atoms with van der Waals surface area (Å²) in [5, 5.41) is 0.778. The SMILES string of the molecule is Cc1ccc2c(c1)N(C(=O)CN1C(=O)c3ccccc3C1=O)c1ssc(=S)c1C2(C)C. The van der Waals surface area contributed by atoms with Crippen LogP contribution in [0.15, 0.2) is 42.5 Å². The van der Waals surface area contributed by atoms with Crippen molar-refractivity contribution in [1.29, 1.82) is 0 Å². The van der Waals surface area contributed by atoms with E-state index in [0.717, 1.165) is 36.1 Å². The molecule has 0 saturated carbocycles. The van der Waals surface area contributed by atoms with E-state index in [2.05, 4.69) is 13.8 Å². The molecular formula is C23H18N2O3S3. The molecule has 3 aromatic rings. The number of rotatable bonds is 2. The second-order valence-corrected chi connectivity index (χ2v) is 11.0. The van der Waals surface area contributed by atoms with Crippen LogP contribution in [0.4, 0.5) is 10.7 Å². The first-order chi connectivity index (χ1) is 14.7. The van der Waals surface area contributed by atoms with E-state index in [-0.39, 0.29) is 17.9 Å². The van der Waals surface area contributed by atoms with Crippen LogP contribution in [0.1, 0.15) is 51.3 Å². The van der Waals surface area contributed by atoms with Crippen LogP contribution in [-0.4, -0.2) is 29.2 Å². The van der Waals surface area contributed by atoms with Crippen LogP contribution >= 0.6 is 32.9 Å². The summed E-state index contributed by atoms with van der Waals surface area (Å²) in [7, 11) is 2.93. The Morgan fingerprint density at radius 3 is 2.32 bits per heavy atom. The average Bonchev–Trinajstić information content (AvgIpc) is 3.22. The highest BCUT2D eigenvalue weighted by molar-refractivity contribution is 7.80. The Morgan fingerprint density at radius 1 is 1.03 bits per heavy atom. The van der Waals surface area contributed by atoms with Crippen molar-refractivity contribution in [2.75, 3.05) is 11.4 Å². The highest BCUT2D eigenvalue weighted by Gasteiger charge is 2.43. The number of nitrogens with zero attached hydrogens (tertiary/aromatic N) is 2. The van der Waals surface area contributed by atoms with Crippen LogP contribution < -0.4 is 4.90 Å². The van der Waals surface area contributed by atoms with Gasteiger partial charge in [0.05, 0.1) is 16.8 Å². The van der Waals surface area contributed by atoms with Gasteiger partial charge in [-0.05, 0) is 36.2 Å². The topological polar surface area (TPSA) is 57.7 Å². The molecule has 0 aliphatic carbocycles. The van der Waals surface area contributed by atoms with E-state index < -0.39 is 11.8 Å². The third kappa shape index (κ3) is 2.86. The van der Waals surface area contributed by atoms with E-state index in [1.807, 2.05) is 25.1 Å². The maximum Gasteiger partial charge on any atom is 0.262 e. The number of hydrogen-bond acceptors (Lipinski definition) is 6. The van der Waals surface area contributed by atoms with E-state index in [4.69, 9.17) is 12.2 Å². The molecule has 0 saturated heterocycles. The minimum Gasteiger partial charge on any atom is -0.272 e. The van der Waals surface area contributed by atoms with E-state index in [9.17, 15) is 14.4 Å². The van der Waals surface area contributed by atoms with Crippen molar-refractivity contribution < 1.29 is 14.4 Å². The third-order valence-electron chi connectivity index (χ3n) is 5.93. The van der Waals surface area contributed by atoms with Crippen LogP contribution in [0.5, 0.6) is 0 Å². The number of imide groups is 1. The Bertz CT molecular complexity index is 1320. The smallest absolute Gasteiger partial charge is 0.262 e. The van der Waals surface area contributed by atoms with Gasteiger partial charge in [0.1, 0.15) is 15.4 Å². The molecule has 0 radical (unpaired) electrons. The van der Waals surface area contributed by atoms with Crippen molar-refractivity contribution in [2.45, 2.75) is 26.2 Å². The maximum absolute atomic E-state index is 13.6. The molecule has 2 aliphatic rings. The first kappa shape index (κ1) is 20.2. The normalized spacial score (nSPS) is 16.2. The van der Waals surface area contributed by atoms with Crippen molar-refractivity contribution in [3.8, 4) is 0 Å². The predicted molar refractivity (Wildman–Crippen MR) is 125 cm³/mol. The highest BCUT2D eigenvalue weighted by atomic mass is 32.9. The maximum atomic E-state index is 13.6. The van der Waals surface area contributed by atoms with Gasteiger partial charge in [-0.15, -0.1) is 0 Å². The highest BCUT2D eigenvalue weighted by Crippen LogP contribution is 2.53. The number of carbonyl (C=O) groups is 3. The fourth-order valence-electron chi connectivity index (χ4n) is 4.36. The monoisotopic (exact) mass is 466 g/mol. The lowest BCUT2D eigenvalue weighted by molar-refractivity contribution is -0.118. The number of anilines is 2. The zero-order chi connectivity index (χ0) is 22.1. The number of aryl methyl sites for hydroxylation is 1. The molecule has 2 aromatic carbocycles. The summed E-state index contributed by atoms with van der Waals surface area (Å²) in [6.45, 7) is 5.88. The van der Waals surface area contributed by atoms with Crippen LogP contribution in [0, 0.1) is 10.7 Å². The Kier molecular flexibility index (Phi) is 4.51. The van der Waals surface area contributed by atoms with Crippen LogP contribution in [0.25, 0.3) is 0 Å². The van der Waals surface area contributed by atoms with Gasteiger partial charge in [-0.2, -0.15) is 0 Å². The Balaban J connectivity index is 1.59. The fourth-order valence-corrected chi connectivity index (χ4v) is 7.63. The fraction of sp³-hybridized carbons (Fsp3) is 0.217. The number of amides is 3. The summed E-state index contributed by atoms with van der Waals surface area (Å²) in [5.41, 5.74) is 4.07. The van der Waals surface area contributed by atoms with Gasteiger partial charge in [-0.3, -0.25) is 24.2 Å². The van der Waals surface area contributed by atoms with Crippen molar-refractivity contribution >= 4 is 61.3 Å². The molecule has 5 rings (SSSR count). The summed E-state index contributed by atoms with van der Waals surface area (Å²) in [6, 6.07) is 12.7. The standard InChI is InChI=1S/C23H18N2O3S3/c1-12-8-9-15-16(10-12)25(21-18(23(15,2)3)22(29)31-30-21)17(26)11-24-19(27)13-6-4-5-7-14(13)20(24)28/h4-10H,11H2,1-3H3. The molecule has 0 atom stereocenters. The zero-order valence-corrected chi connectivity index (χ0v) is 19.5. The van der Waals surface area contributed by atoms with Crippen LogP contribution in [-0.2, 0) is 10.2 Å². The van der Waals surface area contributed by atoms with Crippen molar-refractivity contribution in [3.63, 3.8) is 0 Å². The number of fused-ring (bicyclic) bond motifs is 3. The molecule has 3 amide bonds. The van der Waals surface area contributed by atoms with Gasteiger partial charge in [0.25, 0.3) is 17.7 Å². The summed E-state index contributed by atoms with van der Waals surface area (Å²) in [5.74, 6) is -1.20. The molecule has 2 aliphatic heterocycles. The summed E-state index contributed by atoms with van der Waals surface area (Å²) in [4.78, 5) is 41.9. The van der Waals surface area contributed by atoms with E-state index in [1.165, 1.54) is 20.7 Å². The largest absolute Gasteiger partial charge is 0.272 e. The Hall–Kier alpha value is -2.68. The predicted octanol–water partition coefficient (Wildman–Crippen LogP) is 5.45. The molecule has 0 fully saturated rings. The molecule has 5 nitrogen and oxygen atoms in total. The van der Waals surface area contributed by atoms with Crippen LogP contribution in [0.2, 0.25) is 0 Å². The first-order valence-electron chi connectivity index (χ1n) is 9.74. The average molecular weight is 467 g/mol. The molecular weight excluding hydrogens is 448 g/mol. The summed E-state index contributed by atoms with van der Waals surface area (Å²) in [6.07, 6.45) is 0. The minimum absolute atomic E-state index is 0.324. The van der Waals surface area contributed by atoms with Crippen molar-refractivity contribution in [2.24, 2.45) is 0 Å². The van der Waals surface area contributed by atoms with Crippen LogP contribution in [0.3, 0.4) is 0 Å². The van der Waals surface area contributed by atoms with Gasteiger partial charge in [0.2, 0.25) is 0 Å². The summed E-state index contributed by atoms with van der Waals surface area (Å²) >= 11 is 5.62. The van der Waals surface area contributed by atoms with E-state index in [0.29, 0.717) is 11.1 Å². The number of carbonyl (C=O) groups excluding carboxylic acids is 3. The molecule has 8 heteroatoms. The first-order valence-corrected chi connectivity index (χ1v) is 12.3. The van der Waals surface area contributed by atoms with E-state index in [1.54, 1.807) is 29.2 Å². The molecule has 0 spiro atoms. The Labute approximate surface area is 191 Å². The second-order valence-electron chi connectivity index (χ2n) is 8.25. The Morgan fingerprint density at radius 2 is 1.68 bits per heavy atom. The molecule has 156 valence electrons. The lowest BCUT2D eigenvalue weighted by Gasteiger charge is -2.39. The zero-order valence-electron chi connectivity index (χ0n) is 17.1. The molecule has 1 aromatic heterocycles. The van der Waals surface area contributed by atoms with Gasteiger partial charge in [0, 0.05) is 11.0 Å². The van der Waals surface area contributed by atoms with E-state index >= 15 is 0 Å². The van der Waals surface area contributed by atoms with Gasteiger partial charge >= 0.3 is 0 Å². The van der Waals surface area contributed by atoms with Gasteiger partial charge in [0.15, 0.2) is 0 Å². The summed E-state index contributed by atoms with van der Waals surface area (Å²) < 4.78 is 0.759. The van der Waals surface area contributed by atoms with Gasteiger partial charge < -0.3 is 0 Å². The molecule has 0 unspecified atom stereocenters.